The number of nitrogens with zero attached hydrogens (tertiary/aromatic N) is 2. The van der Waals surface area contributed by atoms with Crippen LogP contribution in [-0.2, 0) is 0 Å². The van der Waals surface area contributed by atoms with Crippen LogP contribution in [0.25, 0.3) is 0 Å². The summed E-state index contributed by atoms with van der Waals surface area (Å²) in [6.45, 7) is 0. The lowest BCUT2D eigenvalue weighted by Gasteiger charge is -2.06. The van der Waals surface area contributed by atoms with Crippen molar-refractivity contribution in [1.82, 2.24) is 14.8 Å². The van der Waals surface area contributed by atoms with E-state index in [0.29, 0.717) is 16.6 Å². The molecule has 3 rings (SSSR count). The molecule has 0 saturated heterocycles. The summed E-state index contributed by atoms with van der Waals surface area (Å²) in [5, 5.41) is 7.23. The number of anilines is 1. The predicted molar refractivity (Wildman–Crippen MR) is 72.6 cm³/mol. The van der Waals surface area contributed by atoms with Crippen LogP contribution < -0.4 is 16.2 Å². The highest BCUT2D eigenvalue weighted by molar-refractivity contribution is 7.99. The second-order valence-electron chi connectivity index (χ2n) is 4.46. The van der Waals surface area contributed by atoms with Crippen molar-refractivity contribution in [2.24, 2.45) is 0 Å². The highest BCUT2D eigenvalue weighted by Gasteiger charge is 2.28. The van der Waals surface area contributed by atoms with E-state index in [4.69, 9.17) is 10.5 Å². The van der Waals surface area contributed by atoms with E-state index in [1.54, 1.807) is 17.7 Å². The minimum absolute atomic E-state index is 0.152. The average molecular weight is 278 g/mol. The van der Waals surface area contributed by atoms with Crippen LogP contribution in [-0.4, -0.2) is 21.9 Å². The fourth-order valence-corrected chi connectivity index (χ4v) is 2.90. The van der Waals surface area contributed by atoms with Crippen LogP contribution >= 0.6 is 11.8 Å². The summed E-state index contributed by atoms with van der Waals surface area (Å²) in [6, 6.07) is 5.75. The number of benzene rings is 1. The number of hydrogen-bond acceptors (Lipinski definition) is 5. The summed E-state index contributed by atoms with van der Waals surface area (Å²) in [4.78, 5) is 12.6. The van der Waals surface area contributed by atoms with Gasteiger partial charge in [-0.05, 0) is 36.7 Å². The van der Waals surface area contributed by atoms with Crippen molar-refractivity contribution < 1.29 is 4.74 Å². The van der Waals surface area contributed by atoms with E-state index in [1.165, 1.54) is 11.8 Å². The van der Waals surface area contributed by atoms with Gasteiger partial charge in [0, 0.05) is 22.7 Å². The lowest BCUT2D eigenvalue weighted by atomic mass is 10.3. The maximum Gasteiger partial charge on any atom is 0.344 e. The van der Waals surface area contributed by atoms with Gasteiger partial charge in [0.15, 0.2) is 5.16 Å². The summed E-state index contributed by atoms with van der Waals surface area (Å²) < 4.78 is 6.89. The molecule has 3 N–H and O–H groups in total. The van der Waals surface area contributed by atoms with E-state index in [1.807, 2.05) is 12.1 Å². The third-order valence-electron chi connectivity index (χ3n) is 2.93. The molecule has 0 amide bonds. The molecule has 0 bridgehead atoms. The number of nitrogens with two attached hydrogens (primary N) is 1. The van der Waals surface area contributed by atoms with Crippen LogP contribution in [0.2, 0.25) is 0 Å². The Labute approximate surface area is 114 Å². The van der Waals surface area contributed by atoms with Crippen molar-refractivity contribution in [3.8, 4) is 5.75 Å². The van der Waals surface area contributed by atoms with Gasteiger partial charge in [-0.1, -0.05) is 0 Å². The molecule has 1 fully saturated rings. The zero-order valence-electron chi connectivity index (χ0n) is 10.4. The highest BCUT2D eigenvalue weighted by Crippen LogP contribution is 2.38. The molecular weight excluding hydrogens is 264 g/mol. The largest absolute Gasteiger partial charge is 0.497 e. The molecule has 0 radical (unpaired) electrons. The lowest BCUT2D eigenvalue weighted by Crippen LogP contribution is -2.15. The van der Waals surface area contributed by atoms with E-state index in [9.17, 15) is 4.79 Å². The molecule has 1 heterocycles. The van der Waals surface area contributed by atoms with Crippen LogP contribution in [0.4, 0.5) is 5.69 Å². The van der Waals surface area contributed by atoms with Gasteiger partial charge in [-0.15, -0.1) is 5.10 Å². The number of hydrogen-bond donors (Lipinski definition) is 2. The van der Waals surface area contributed by atoms with E-state index < -0.39 is 0 Å². The Morgan fingerprint density at radius 2 is 2.26 bits per heavy atom. The molecule has 1 aromatic heterocycles. The minimum atomic E-state index is -0.152. The fraction of sp³-hybridized carbons (Fsp3) is 0.333. The van der Waals surface area contributed by atoms with Gasteiger partial charge in [0.1, 0.15) is 5.75 Å². The van der Waals surface area contributed by atoms with Gasteiger partial charge in [-0.2, -0.15) is 0 Å². The average Bonchev–Trinajstić information content (AvgIpc) is 3.14. The number of rotatable bonds is 4. The second-order valence-corrected chi connectivity index (χ2v) is 5.50. The Morgan fingerprint density at radius 3 is 2.95 bits per heavy atom. The molecule has 0 aliphatic heterocycles. The van der Waals surface area contributed by atoms with Crippen LogP contribution in [0.3, 0.4) is 0 Å². The molecule has 0 atom stereocenters. The first-order valence-corrected chi connectivity index (χ1v) is 6.78. The van der Waals surface area contributed by atoms with E-state index in [2.05, 4.69) is 10.2 Å². The van der Waals surface area contributed by atoms with Gasteiger partial charge in [-0.3, -0.25) is 4.57 Å². The molecule has 6 nitrogen and oxygen atoms in total. The van der Waals surface area contributed by atoms with Gasteiger partial charge in [0.2, 0.25) is 0 Å². The first kappa shape index (κ1) is 12.2. The molecule has 7 heteroatoms. The first-order chi connectivity index (χ1) is 9.17. The number of nitrogen functional groups attached to an aromatic ring is 1. The highest BCUT2D eigenvalue weighted by atomic mass is 32.2. The molecule has 0 unspecified atom stereocenters. The van der Waals surface area contributed by atoms with Crippen molar-refractivity contribution in [3.05, 3.63) is 28.7 Å². The Bertz CT molecular complexity index is 660. The molecule has 0 spiro atoms. The monoisotopic (exact) mass is 278 g/mol. The normalized spacial score (nSPS) is 14.6. The quantitative estimate of drug-likeness (QED) is 0.830. The van der Waals surface area contributed by atoms with Crippen LogP contribution in [0.5, 0.6) is 5.75 Å². The topological polar surface area (TPSA) is 85.9 Å². The molecule has 1 saturated carbocycles. The Kier molecular flexibility index (Phi) is 2.98. The zero-order chi connectivity index (χ0) is 13.4. The van der Waals surface area contributed by atoms with Gasteiger partial charge in [0.25, 0.3) is 0 Å². The van der Waals surface area contributed by atoms with Crippen LogP contribution in [0.1, 0.15) is 18.9 Å². The summed E-state index contributed by atoms with van der Waals surface area (Å²) in [6.07, 6.45) is 2.07. The summed E-state index contributed by atoms with van der Waals surface area (Å²) in [5.41, 5.74) is 6.28. The zero-order valence-corrected chi connectivity index (χ0v) is 11.2. The maximum absolute atomic E-state index is 11.7. The Hall–Kier alpha value is -1.89. The van der Waals surface area contributed by atoms with E-state index in [0.717, 1.165) is 17.7 Å². The molecule has 1 aromatic carbocycles. The molecule has 19 heavy (non-hydrogen) atoms. The minimum Gasteiger partial charge on any atom is -0.497 e. The maximum atomic E-state index is 11.7. The smallest absolute Gasteiger partial charge is 0.344 e. The first-order valence-electron chi connectivity index (χ1n) is 5.96. The standard InChI is InChI=1S/C12H14N4O2S/c1-18-9-4-7(13)5-10(6-9)19-12-15-14-11(17)16(12)8-2-3-8/h4-6,8H,2-3,13H2,1H3,(H,14,17). The SMILES string of the molecule is COc1cc(N)cc(Sc2n[nH]c(=O)n2C2CC2)c1. The van der Waals surface area contributed by atoms with Gasteiger partial charge in [0.05, 0.1) is 7.11 Å². The van der Waals surface area contributed by atoms with Crippen molar-refractivity contribution in [2.45, 2.75) is 28.9 Å². The number of nitrogens with one attached hydrogen (secondary N) is 1. The third kappa shape index (κ3) is 2.46. The third-order valence-corrected chi connectivity index (χ3v) is 3.87. The van der Waals surface area contributed by atoms with Gasteiger partial charge in [-0.25, -0.2) is 9.89 Å². The summed E-state index contributed by atoms with van der Waals surface area (Å²) in [5.74, 6) is 0.693. The van der Waals surface area contributed by atoms with Crippen molar-refractivity contribution in [1.29, 1.82) is 0 Å². The number of H-pyrrole nitrogens is 1. The fourth-order valence-electron chi connectivity index (χ4n) is 1.89. The lowest BCUT2D eigenvalue weighted by molar-refractivity contribution is 0.414. The number of aromatic nitrogens is 3. The summed E-state index contributed by atoms with van der Waals surface area (Å²) >= 11 is 1.41. The van der Waals surface area contributed by atoms with Crippen LogP contribution in [0.15, 0.2) is 33.0 Å². The second kappa shape index (κ2) is 4.65. The Balaban J connectivity index is 1.93. The van der Waals surface area contributed by atoms with Crippen LogP contribution in [0, 0.1) is 0 Å². The Morgan fingerprint density at radius 1 is 1.47 bits per heavy atom. The molecule has 1 aliphatic rings. The molecule has 1 aliphatic carbocycles. The van der Waals surface area contributed by atoms with Gasteiger partial charge < -0.3 is 10.5 Å². The van der Waals surface area contributed by atoms with Crippen molar-refractivity contribution >= 4 is 17.4 Å². The number of methoxy groups -OCH3 is 1. The van der Waals surface area contributed by atoms with E-state index >= 15 is 0 Å². The van der Waals surface area contributed by atoms with Crippen molar-refractivity contribution in [3.63, 3.8) is 0 Å². The van der Waals surface area contributed by atoms with E-state index in [-0.39, 0.29) is 11.7 Å². The van der Waals surface area contributed by atoms with Crippen molar-refractivity contribution in [2.75, 3.05) is 12.8 Å². The number of aromatic amines is 1. The van der Waals surface area contributed by atoms with Gasteiger partial charge >= 0.3 is 5.69 Å². The summed E-state index contributed by atoms with van der Waals surface area (Å²) in [7, 11) is 1.60. The molecular formula is C12H14N4O2S. The molecule has 2 aromatic rings. The molecule has 100 valence electrons. The number of ether oxygens (including phenoxy) is 1. The predicted octanol–water partition coefficient (Wildman–Crippen LogP) is 1.65.